The van der Waals surface area contributed by atoms with Crippen molar-refractivity contribution in [3.8, 4) is 0 Å². The van der Waals surface area contributed by atoms with Gasteiger partial charge in [-0.2, -0.15) is 0 Å². The molecule has 2 unspecified atom stereocenters. The number of rotatable bonds is 5. The van der Waals surface area contributed by atoms with E-state index in [9.17, 15) is 0 Å². The van der Waals surface area contributed by atoms with Gasteiger partial charge in [-0.3, -0.25) is 0 Å². The van der Waals surface area contributed by atoms with Crippen LogP contribution in [0.2, 0.25) is 0 Å². The Morgan fingerprint density at radius 2 is 2.29 bits per heavy atom. The number of likely N-dealkylation sites (N-methyl/N-ethyl adjacent to an activating group) is 1. The fourth-order valence-electron chi connectivity index (χ4n) is 2.02. The lowest BCUT2D eigenvalue weighted by Gasteiger charge is -2.32. The van der Waals surface area contributed by atoms with Gasteiger partial charge in [0.2, 0.25) is 0 Å². The highest BCUT2D eigenvalue weighted by Gasteiger charge is 2.19. The Morgan fingerprint density at radius 3 is 2.86 bits per heavy atom. The minimum atomic E-state index is 0.0523. The highest BCUT2D eigenvalue weighted by Crippen LogP contribution is 2.09. The quantitative estimate of drug-likeness (QED) is 0.558. The smallest absolute Gasteiger partial charge is 0.0585 e. The summed E-state index contributed by atoms with van der Waals surface area (Å²) >= 11 is 0. The fourth-order valence-corrected chi connectivity index (χ4v) is 2.02. The van der Waals surface area contributed by atoms with E-state index in [0.29, 0.717) is 12.5 Å². The van der Waals surface area contributed by atoms with Crippen LogP contribution in [-0.2, 0) is 0 Å². The van der Waals surface area contributed by atoms with Crippen LogP contribution < -0.4 is 5.32 Å². The fraction of sp³-hybridized carbons (Fsp3) is 1.00. The summed E-state index contributed by atoms with van der Waals surface area (Å²) in [4.78, 5) is 2.30. The Bertz CT molecular complexity index is 155. The lowest BCUT2D eigenvalue weighted by Crippen LogP contribution is -2.49. The van der Waals surface area contributed by atoms with Crippen molar-refractivity contribution in [1.29, 1.82) is 0 Å². The molecule has 0 radical (unpaired) electrons. The number of nitrogens with one attached hydrogen (secondary N) is 1. The number of aliphatic hydroxyl groups is 2. The minimum Gasteiger partial charge on any atom is -0.396 e. The van der Waals surface area contributed by atoms with Crippen molar-refractivity contribution in [2.24, 2.45) is 0 Å². The molecule has 0 aliphatic carbocycles. The number of piperidine rings is 1. The maximum absolute atomic E-state index is 9.07. The van der Waals surface area contributed by atoms with Crippen molar-refractivity contribution in [2.75, 3.05) is 33.4 Å². The zero-order valence-corrected chi connectivity index (χ0v) is 8.95. The van der Waals surface area contributed by atoms with Crippen molar-refractivity contribution in [2.45, 2.75) is 31.3 Å². The maximum atomic E-state index is 9.07. The molecule has 1 aliphatic rings. The Balaban J connectivity index is 2.26. The molecule has 84 valence electrons. The second-order valence-corrected chi connectivity index (χ2v) is 4.16. The number of nitrogens with zero attached hydrogens (tertiary/aromatic N) is 1. The lowest BCUT2D eigenvalue weighted by molar-refractivity contribution is 0.163. The lowest BCUT2D eigenvalue weighted by atomic mass is 10.0. The normalized spacial score (nSPS) is 26.4. The van der Waals surface area contributed by atoms with Crippen molar-refractivity contribution in [3.63, 3.8) is 0 Å². The molecule has 0 saturated carbocycles. The first-order valence-electron chi connectivity index (χ1n) is 5.42. The molecule has 14 heavy (non-hydrogen) atoms. The Kier molecular flexibility index (Phi) is 5.40. The summed E-state index contributed by atoms with van der Waals surface area (Å²) in [6.07, 6.45) is 3.02. The van der Waals surface area contributed by atoms with Crippen molar-refractivity contribution < 1.29 is 10.2 Å². The SMILES string of the molecule is CN1CCCC(NC(CO)CCO)C1. The van der Waals surface area contributed by atoms with Crippen LogP contribution in [0, 0.1) is 0 Å². The molecule has 4 heteroatoms. The Hall–Kier alpha value is -0.160. The Labute approximate surface area is 85.9 Å². The molecular weight excluding hydrogens is 180 g/mol. The zero-order valence-electron chi connectivity index (χ0n) is 8.95. The van der Waals surface area contributed by atoms with Crippen molar-refractivity contribution >= 4 is 0 Å². The average molecular weight is 202 g/mol. The molecule has 1 rings (SSSR count). The van der Waals surface area contributed by atoms with Gasteiger partial charge in [0.1, 0.15) is 0 Å². The van der Waals surface area contributed by atoms with E-state index in [4.69, 9.17) is 10.2 Å². The van der Waals surface area contributed by atoms with E-state index in [0.717, 1.165) is 6.54 Å². The molecule has 0 spiro atoms. The molecule has 0 bridgehead atoms. The topological polar surface area (TPSA) is 55.7 Å². The van der Waals surface area contributed by atoms with Crippen LogP contribution in [0.4, 0.5) is 0 Å². The summed E-state index contributed by atoms with van der Waals surface area (Å²) in [5.74, 6) is 0. The van der Waals surface area contributed by atoms with Gasteiger partial charge in [0.05, 0.1) is 6.61 Å². The molecule has 0 aromatic rings. The molecule has 0 aromatic heterocycles. The van der Waals surface area contributed by atoms with E-state index in [-0.39, 0.29) is 19.3 Å². The third-order valence-corrected chi connectivity index (χ3v) is 2.79. The molecule has 1 aliphatic heterocycles. The first-order chi connectivity index (χ1) is 6.76. The summed E-state index contributed by atoms with van der Waals surface area (Å²) in [6, 6.07) is 0.522. The third kappa shape index (κ3) is 3.92. The van der Waals surface area contributed by atoms with Crippen LogP contribution in [-0.4, -0.2) is 60.5 Å². The largest absolute Gasteiger partial charge is 0.396 e. The molecular formula is C10H22N2O2. The molecule has 0 aromatic carbocycles. The summed E-state index contributed by atoms with van der Waals surface area (Å²) in [5.41, 5.74) is 0. The highest BCUT2D eigenvalue weighted by atomic mass is 16.3. The van der Waals surface area contributed by atoms with Crippen LogP contribution in [0.3, 0.4) is 0 Å². The average Bonchev–Trinajstić information content (AvgIpc) is 2.17. The predicted molar refractivity (Wildman–Crippen MR) is 56.2 cm³/mol. The van der Waals surface area contributed by atoms with Crippen LogP contribution in [0.5, 0.6) is 0 Å². The maximum Gasteiger partial charge on any atom is 0.0585 e. The molecule has 1 heterocycles. The molecule has 2 atom stereocenters. The van der Waals surface area contributed by atoms with Crippen molar-refractivity contribution in [3.05, 3.63) is 0 Å². The monoisotopic (exact) mass is 202 g/mol. The van der Waals surface area contributed by atoms with Crippen molar-refractivity contribution in [1.82, 2.24) is 10.2 Å². The van der Waals surface area contributed by atoms with Gasteiger partial charge in [-0.25, -0.2) is 0 Å². The van der Waals surface area contributed by atoms with Gasteiger partial charge >= 0.3 is 0 Å². The van der Waals surface area contributed by atoms with Gasteiger partial charge in [0, 0.05) is 25.2 Å². The summed E-state index contributed by atoms with van der Waals surface area (Å²) in [6.45, 7) is 2.46. The number of hydrogen-bond acceptors (Lipinski definition) is 4. The number of hydrogen-bond donors (Lipinski definition) is 3. The second-order valence-electron chi connectivity index (χ2n) is 4.16. The van der Waals surface area contributed by atoms with Crippen LogP contribution >= 0.6 is 0 Å². The van der Waals surface area contributed by atoms with Gasteiger partial charge in [0.15, 0.2) is 0 Å². The zero-order chi connectivity index (χ0) is 10.4. The van der Waals surface area contributed by atoms with Gasteiger partial charge < -0.3 is 20.4 Å². The van der Waals surface area contributed by atoms with Crippen LogP contribution in [0.25, 0.3) is 0 Å². The predicted octanol–water partition coefficient (Wildman–Crippen LogP) is -0.586. The molecule has 1 saturated heterocycles. The summed E-state index contributed by atoms with van der Waals surface area (Å²) in [5, 5.41) is 21.2. The van der Waals surface area contributed by atoms with Gasteiger partial charge in [-0.05, 0) is 32.9 Å². The Morgan fingerprint density at radius 1 is 1.50 bits per heavy atom. The van der Waals surface area contributed by atoms with Crippen LogP contribution in [0.15, 0.2) is 0 Å². The third-order valence-electron chi connectivity index (χ3n) is 2.79. The van der Waals surface area contributed by atoms with Gasteiger partial charge in [0.25, 0.3) is 0 Å². The first kappa shape index (κ1) is 11.9. The standard InChI is InChI=1S/C10H22N2O2/c1-12-5-2-3-9(7-12)11-10(8-14)4-6-13/h9-11,13-14H,2-8H2,1H3. The second kappa shape index (κ2) is 6.35. The molecule has 0 amide bonds. The van der Waals surface area contributed by atoms with Crippen LogP contribution in [0.1, 0.15) is 19.3 Å². The number of likely N-dealkylation sites (tertiary alicyclic amines) is 1. The highest BCUT2D eigenvalue weighted by molar-refractivity contribution is 4.79. The molecule has 1 fully saturated rings. The van der Waals surface area contributed by atoms with E-state index < -0.39 is 0 Å². The first-order valence-corrected chi connectivity index (χ1v) is 5.42. The van der Waals surface area contributed by atoms with Gasteiger partial charge in [-0.15, -0.1) is 0 Å². The van der Waals surface area contributed by atoms with E-state index >= 15 is 0 Å². The van der Waals surface area contributed by atoms with E-state index in [1.807, 2.05) is 0 Å². The van der Waals surface area contributed by atoms with E-state index in [1.54, 1.807) is 0 Å². The molecule has 3 N–H and O–H groups in total. The molecule has 4 nitrogen and oxygen atoms in total. The number of aliphatic hydroxyl groups excluding tert-OH is 2. The minimum absolute atomic E-state index is 0.0523. The summed E-state index contributed by atoms with van der Waals surface area (Å²) in [7, 11) is 2.12. The summed E-state index contributed by atoms with van der Waals surface area (Å²) < 4.78 is 0. The van der Waals surface area contributed by atoms with Gasteiger partial charge in [-0.1, -0.05) is 0 Å². The van der Waals surface area contributed by atoms with E-state index in [1.165, 1.54) is 19.4 Å². The van der Waals surface area contributed by atoms with E-state index in [2.05, 4.69) is 17.3 Å².